The van der Waals surface area contributed by atoms with Crippen LogP contribution in [0.15, 0.2) is 30.3 Å². The summed E-state index contributed by atoms with van der Waals surface area (Å²) in [6.45, 7) is 11.4. The standard InChI is InChI=1S/C18H29NO2Si/c1-18(2,3)21-17(20)19-14-10-9-13-16(19)22(4,5)15-11-7-6-8-12-15/h6-8,11-12,16H,9-10,13-14H2,1-5H3/t16-/m1/s1. The van der Waals surface area contributed by atoms with Gasteiger partial charge in [-0.15, -0.1) is 0 Å². The molecule has 0 aromatic heterocycles. The van der Waals surface area contributed by atoms with Gasteiger partial charge in [0.25, 0.3) is 0 Å². The molecule has 2 rings (SSSR count). The van der Waals surface area contributed by atoms with Gasteiger partial charge in [0.1, 0.15) is 13.7 Å². The number of hydrogen-bond acceptors (Lipinski definition) is 2. The molecule has 0 saturated carbocycles. The number of carbonyl (C=O) groups excluding carboxylic acids is 1. The first-order valence-electron chi connectivity index (χ1n) is 8.27. The van der Waals surface area contributed by atoms with Crippen LogP contribution < -0.4 is 5.19 Å². The van der Waals surface area contributed by atoms with E-state index in [1.807, 2.05) is 25.7 Å². The van der Waals surface area contributed by atoms with Gasteiger partial charge in [-0.1, -0.05) is 48.6 Å². The van der Waals surface area contributed by atoms with Crippen LogP contribution in [-0.2, 0) is 4.74 Å². The lowest BCUT2D eigenvalue weighted by Gasteiger charge is -2.44. The maximum atomic E-state index is 12.6. The number of carbonyl (C=O) groups is 1. The minimum atomic E-state index is -1.75. The number of benzene rings is 1. The smallest absolute Gasteiger partial charge is 0.410 e. The van der Waals surface area contributed by atoms with Crippen LogP contribution in [0.3, 0.4) is 0 Å². The summed E-state index contributed by atoms with van der Waals surface area (Å²) >= 11 is 0. The summed E-state index contributed by atoms with van der Waals surface area (Å²) in [5.41, 5.74) is -0.115. The van der Waals surface area contributed by atoms with Crippen LogP contribution in [0.4, 0.5) is 4.79 Å². The van der Waals surface area contributed by atoms with Crippen LogP contribution in [0.5, 0.6) is 0 Å². The van der Waals surface area contributed by atoms with Crippen LogP contribution >= 0.6 is 0 Å². The third-order valence-electron chi connectivity index (χ3n) is 4.48. The van der Waals surface area contributed by atoms with Crippen molar-refractivity contribution in [1.82, 2.24) is 4.90 Å². The summed E-state index contributed by atoms with van der Waals surface area (Å²) in [7, 11) is -1.75. The lowest BCUT2D eigenvalue weighted by molar-refractivity contribution is 0.0170. The van der Waals surface area contributed by atoms with Gasteiger partial charge in [-0.05, 0) is 40.0 Å². The zero-order chi connectivity index (χ0) is 16.4. The maximum absolute atomic E-state index is 12.6. The molecule has 0 aliphatic carbocycles. The van der Waals surface area contributed by atoms with Crippen molar-refractivity contribution < 1.29 is 9.53 Å². The summed E-state index contributed by atoms with van der Waals surface area (Å²) in [6.07, 6.45) is 3.23. The van der Waals surface area contributed by atoms with Gasteiger partial charge in [-0.3, -0.25) is 0 Å². The largest absolute Gasteiger partial charge is 0.444 e. The minimum Gasteiger partial charge on any atom is -0.444 e. The average molecular weight is 320 g/mol. The number of likely N-dealkylation sites (tertiary alicyclic amines) is 1. The van der Waals surface area contributed by atoms with Crippen molar-refractivity contribution in [3.05, 3.63) is 30.3 Å². The van der Waals surface area contributed by atoms with E-state index in [1.54, 1.807) is 0 Å². The Kier molecular flexibility index (Phi) is 5.00. The van der Waals surface area contributed by atoms with E-state index >= 15 is 0 Å². The number of amides is 1. The first-order valence-corrected chi connectivity index (χ1v) is 11.3. The normalized spacial score (nSPS) is 19.9. The minimum absolute atomic E-state index is 0.145. The van der Waals surface area contributed by atoms with Gasteiger partial charge in [0.05, 0.1) is 0 Å². The highest BCUT2D eigenvalue weighted by Gasteiger charge is 2.42. The lowest BCUT2D eigenvalue weighted by Crippen LogP contribution is -2.63. The molecule has 22 heavy (non-hydrogen) atoms. The molecule has 0 unspecified atom stereocenters. The van der Waals surface area contributed by atoms with Crippen molar-refractivity contribution in [3.8, 4) is 0 Å². The zero-order valence-corrected chi connectivity index (χ0v) is 15.6. The highest BCUT2D eigenvalue weighted by Crippen LogP contribution is 2.27. The van der Waals surface area contributed by atoms with Gasteiger partial charge in [0, 0.05) is 12.2 Å². The van der Waals surface area contributed by atoms with Crippen molar-refractivity contribution in [2.45, 2.75) is 64.4 Å². The molecule has 0 bridgehead atoms. The van der Waals surface area contributed by atoms with Crippen LogP contribution in [-0.4, -0.2) is 36.9 Å². The predicted molar refractivity (Wildman–Crippen MR) is 94.1 cm³/mol. The van der Waals surface area contributed by atoms with E-state index in [2.05, 4.69) is 43.4 Å². The number of piperidine rings is 1. The van der Waals surface area contributed by atoms with Crippen LogP contribution in [0.25, 0.3) is 0 Å². The van der Waals surface area contributed by atoms with E-state index in [0.717, 1.165) is 19.4 Å². The predicted octanol–water partition coefficient (Wildman–Crippen LogP) is 3.93. The number of ether oxygens (including phenoxy) is 1. The molecule has 1 heterocycles. The molecule has 3 nitrogen and oxygen atoms in total. The molecular weight excluding hydrogens is 290 g/mol. The first kappa shape index (κ1) is 17.1. The quantitative estimate of drug-likeness (QED) is 0.773. The average Bonchev–Trinajstić information content (AvgIpc) is 2.46. The van der Waals surface area contributed by atoms with Gasteiger partial charge in [0.2, 0.25) is 0 Å². The summed E-state index contributed by atoms with van der Waals surface area (Å²) < 4.78 is 5.65. The molecule has 1 fully saturated rings. The molecule has 1 aliphatic rings. The zero-order valence-electron chi connectivity index (χ0n) is 14.6. The number of nitrogens with zero attached hydrogens (tertiary/aromatic N) is 1. The topological polar surface area (TPSA) is 29.5 Å². The molecule has 0 spiro atoms. The summed E-state index contributed by atoms with van der Waals surface area (Å²) in [5.74, 6) is 0. The Morgan fingerprint density at radius 1 is 1.18 bits per heavy atom. The van der Waals surface area contributed by atoms with E-state index in [9.17, 15) is 4.79 Å². The monoisotopic (exact) mass is 319 g/mol. The molecule has 1 aromatic carbocycles. The van der Waals surface area contributed by atoms with E-state index in [4.69, 9.17) is 4.74 Å². The fourth-order valence-corrected chi connectivity index (χ4v) is 6.66. The molecule has 4 heteroatoms. The molecule has 0 radical (unpaired) electrons. The van der Waals surface area contributed by atoms with Crippen molar-refractivity contribution in [2.24, 2.45) is 0 Å². The second-order valence-electron chi connectivity index (χ2n) is 7.77. The van der Waals surface area contributed by atoms with E-state index in [1.165, 1.54) is 11.6 Å². The Morgan fingerprint density at radius 2 is 1.82 bits per heavy atom. The third kappa shape index (κ3) is 3.91. The first-order chi connectivity index (χ1) is 10.2. The summed E-state index contributed by atoms with van der Waals surface area (Å²) in [5, 5.41) is 1.41. The SMILES string of the molecule is CC(C)(C)OC(=O)N1CCCC[C@H]1[Si](C)(C)c1ccccc1. The highest BCUT2D eigenvalue weighted by molar-refractivity contribution is 6.91. The van der Waals surface area contributed by atoms with Crippen LogP contribution in [0.2, 0.25) is 13.1 Å². The highest BCUT2D eigenvalue weighted by atomic mass is 28.3. The third-order valence-corrected chi connectivity index (χ3v) is 8.57. The van der Waals surface area contributed by atoms with E-state index in [0.29, 0.717) is 5.67 Å². The van der Waals surface area contributed by atoms with Crippen LogP contribution in [0, 0.1) is 0 Å². The summed E-state index contributed by atoms with van der Waals surface area (Å²) in [4.78, 5) is 14.6. The van der Waals surface area contributed by atoms with Crippen LogP contribution in [0.1, 0.15) is 40.0 Å². The molecule has 1 saturated heterocycles. The fourth-order valence-electron chi connectivity index (χ4n) is 3.28. The van der Waals surface area contributed by atoms with E-state index < -0.39 is 13.7 Å². The molecule has 122 valence electrons. The Bertz CT molecular complexity index is 508. The van der Waals surface area contributed by atoms with Gasteiger partial charge in [-0.25, -0.2) is 4.79 Å². The Balaban J connectivity index is 2.24. The Morgan fingerprint density at radius 3 is 2.41 bits per heavy atom. The molecule has 1 amide bonds. The molecule has 1 aromatic rings. The van der Waals surface area contributed by atoms with Gasteiger partial charge in [0.15, 0.2) is 0 Å². The van der Waals surface area contributed by atoms with Crippen molar-refractivity contribution in [2.75, 3.05) is 6.54 Å². The Hall–Kier alpha value is -1.29. The van der Waals surface area contributed by atoms with Crippen molar-refractivity contribution in [3.63, 3.8) is 0 Å². The molecular formula is C18H29NO2Si. The fraction of sp³-hybridized carbons (Fsp3) is 0.611. The van der Waals surface area contributed by atoms with E-state index in [-0.39, 0.29) is 6.09 Å². The van der Waals surface area contributed by atoms with Crippen molar-refractivity contribution >= 4 is 19.4 Å². The second kappa shape index (κ2) is 6.45. The Labute approximate surface area is 135 Å². The number of hydrogen-bond donors (Lipinski definition) is 0. The molecule has 1 aliphatic heterocycles. The maximum Gasteiger partial charge on any atom is 0.410 e. The number of rotatable bonds is 2. The second-order valence-corrected chi connectivity index (χ2v) is 12.5. The molecule has 0 N–H and O–H groups in total. The van der Waals surface area contributed by atoms with Gasteiger partial charge < -0.3 is 9.64 Å². The van der Waals surface area contributed by atoms with Crippen molar-refractivity contribution in [1.29, 1.82) is 0 Å². The molecule has 1 atom stereocenters. The summed E-state index contributed by atoms with van der Waals surface area (Å²) in [6, 6.07) is 10.7. The van der Waals surface area contributed by atoms with Gasteiger partial charge >= 0.3 is 6.09 Å². The van der Waals surface area contributed by atoms with Gasteiger partial charge in [-0.2, -0.15) is 0 Å². The lowest BCUT2D eigenvalue weighted by atomic mass is 10.1.